The Morgan fingerprint density at radius 2 is 1.61 bits per heavy atom. The summed E-state index contributed by atoms with van der Waals surface area (Å²) in [6, 6.07) is 18.4. The molecule has 0 N–H and O–H groups in total. The zero-order chi connectivity index (χ0) is 22.2. The van der Waals surface area contributed by atoms with Gasteiger partial charge in [-0.2, -0.15) is 0 Å². The molecule has 0 amide bonds. The Bertz CT molecular complexity index is 1360. The van der Waals surface area contributed by atoms with Gasteiger partial charge in [0.05, 0.1) is 26.4 Å². The van der Waals surface area contributed by atoms with Gasteiger partial charge in [0, 0.05) is 18.0 Å². The SMILES string of the molecule is CCS(=O)(=O)c1cccc(-c2ccc(-c3nccn3-c3c(Cl)cccc3Cl)c(C)c2)c1. The van der Waals surface area contributed by atoms with Gasteiger partial charge in [-0.1, -0.05) is 66.5 Å². The first-order valence-electron chi connectivity index (χ1n) is 9.74. The summed E-state index contributed by atoms with van der Waals surface area (Å²) in [5.41, 5.74) is 4.39. The molecule has 4 rings (SSSR count). The van der Waals surface area contributed by atoms with Crippen LogP contribution in [0, 0.1) is 6.92 Å². The molecule has 31 heavy (non-hydrogen) atoms. The number of imidazole rings is 1. The van der Waals surface area contributed by atoms with Crippen molar-refractivity contribution < 1.29 is 8.42 Å². The topological polar surface area (TPSA) is 52.0 Å². The fourth-order valence-corrected chi connectivity index (χ4v) is 5.04. The average Bonchev–Trinajstić information content (AvgIpc) is 3.22. The number of para-hydroxylation sites is 1. The van der Waals surface area contributed by atoms with Gasteiger partial charge in [0.15, 0.2) is 9.84 Å². The summed E-state index contributed by atoms with van der Waals surface area (Å²) < 4.78 is 26.4. The van der Waals surface area contributed by atoms with E-state index >= 15 is 0 Å². The second-order valence-corrected chi connectivity index (χ2v) is 10.2. The molecule has 0 unspecified atom stereocenters. The highest BCUT2D eigenvalue weighted by molar-refractivity contribution is 7.91. The van der Waals surface area contributed by atoms with Crippen LogP contribution in [0.25, 0.3) is 28.2 Å². The van der Waals surface area contributed by atoms with Crippen molar-refractivity contribution in [2.75, 3.05) is 5.75 Å². The molecular formula is C24H20Cl2N2O2S. The Morgan fingerprint density at radius 1 is 0.935 bits per heavy atom. The lowest BCUT2D eigenvalue weighted by molar-refractivity contribution is 0.597. The lowest BCUT2D eigenvalue weighted by atomic mass is 9.99. The van der Waals surface area contributed by atoms with Crippen molar-refractivity contribution in [3.63, 3.8) is 0 Å². The molecule has 0 aliphatic carbocycles. The minimum absolute atomic E-state index is 0.0711. The van der Waals surface area contributed by atoms with Crippen molar-refractivity contribution in [2.45, 2.75) is 18.7 Å². The van der Waals surface area contributed by atoms with E-state index < -0.39 is 9.84 Å². The molecule has 0 bridgehead atoms. The van der Waals surface area contributed by atoms with E-state index in [1.54, 1.807) is 49.5 Å². The minimum Gasteiger partial charge on any atom is -0.297 e. The Hall–Kier alpha value is -2.60. The minimum atomic E-state index is -3.27. The molecule has 7 heteroatoms. The van der Waals surface area contributed by atoms with E-state index in [9.17, 15) is 8.42 Å². The molecule has 3 aromatic carbocycles. The highest BCUT2D eigenvalue weighted by Gasteiger charge is 2.16. The summed E-state index contributed by atoms with van der Waals surface area (Å²) in [6.07, 6.45) is 3.54. The second-order valence-electron chi connectivity index (χ2n) is 7.15. The molecule has 0 spiro atoms. The van der Waals surface area contributed by atoms with Crippen LogP contribution < -0.4 is 0 Å². The van der Waals surface area contributed by atoms with Gasteiger partial charge < -0.3 is 0 Å². The maximum Gasteiger partial charge on any atom is 0.178 e. The summed E-state index contributed by atoms with van der Waals surface area (Å²) in [7, 11) is -3.27. The number of hydrogen-bond acceptors (Lipinski definition) is 3. The van der Waals surface area contributed by atoms with Crippen molar-refractivity contribution in [1.29, 1.82) is 0 Å². The Labute approximate surface area is 192 Å². The summed E-state index contributed by atoms with van der Waals surface area (Å²) in [5.74, 6) is 0.795. The summed E-state index contributed by atoms with van der Waals surface area (Å²) in [6.45, 7) is 3.65. The second kappa shape index (κ2) is 8.50. The Morgan fingerprint density at radius 3 is 2.29 bits per heavy atom. The zero-order valence-electron chi connectivity index (χ0n) is 17.0. The van der Waals surface area contributed by atoms with E-state index in [0.717, 1.165) is 28.1 Å². The maximum absolute atomic E-state index is 12.3. The third-order valence-corrected chi connectivity index (χ3v) is 7.54. The van der Waals surface area contributed by atoms with Gasteiger partial charge >= 0.3 is 0 Å². The van der Waals surface area contributed by atoms with Crippen molar-refractivity contribution in [3.05, 3.63) is 88.7 Å². The number of nitrogens with zero attached hydrogens (tertiary/aromatic N) is 2. The fourth-order valence-electron chi connectivity index (χ4n) is 3.53. The highest BCUT2D eigenvalue weighted by atomic mass is 35.5. The predicted octanol–water partition coefficient (Wildman–Crippen LogP) is 6.62. The van der Waals surface area contributed by atoms with Crippen LogP contribution in [0.1, 0.15) is 12.5 Å². The van der Waals surface area contributed by atoms with Crippen molar-refractivity contribution in [1.82, 2.24) is 9.55 Å². The van der Waals surface area contributed by atoms with Crippen LogP contribution in [0.4, 0.5) is 0 Å². The molecule has 4 nitrogen and oxygen atoms in total. The normalized spacial score (nSPS) is 11.6. The zero-order valence-corrected chi connectivity index (χ0v) is 19.3. The van der Waals surface area contributed by atoms with Gasteiger partial charge in [-0.3, -0.25) is 4.57 Å². The van der Waals surface area contributed by atoms with E-state index in [0.29, 0.717) is 20.6 Å². The lowest BCUT2D eigenvalue weighted by Crippen LogP contribution is -2.03. The molecule has 0 radical (unpaired) electrons. The summed E-state index contributed by atoms with van der Waals surface area (Å²) >= 11 is 12.8. The largest absolute Gasteiger partial charge is 0.297 e. The van der Waals surface area contributed by atoms with Gasteiger partial charge in [-0.05, 0) is 47.9 Å². The van der Waals surface area contributed by atoms with Crippen molar-refractivity contribution in [2.24, 2.45) is 0 Å². The first-order valence-corrected chi connectivity index (χ1v) is 12.1. The molecule has 4 aromatic rings. The molecule has 0 saturated heterocycles. The van der Waals surface area contributed by atoms with E-state index in [2.05, 4.69) is 4.98 Å². The summed E-state index contributed by atoms with van der Waals surface area (Å²) in [5, 5.41) is 1.07. The molecule has 1 aromatic heterocycles. The Balaban J connectivity index is 1.78. The maximum atomic E-state index is 12.3. The molecular weight excluding hydrogens is 451 g/mol. The van der Waals surface area contributed by atoms with Crippen molar-refractivity contribution in [3.8, 4) is 28.2 Å². The van der Waals surface area contributed by atoms with Crippen LogP contribution in [0.15, 0.2) is 78.0 Å². The van der Waals surface area contributed by atoms with E-state index in [4.69, 9.17) is 23.2 Å². The third-order valence-electron chi connectivity index (χ3n) is 5.19. The van der Waals surface area contributed by atoms with Gasteiger partial charge in [-0.25, -0.2) is 13.4 Å². The molecule has 158 valence electrons. The number of sulfone groups is 1. The smallest absolute Gasteiger partial charge is 0.178 e. The average molecular weight is 471 g/mol. The van der Waals surface area contributed by atoms with Crippen LogP contribution in [0.3, 0.4) is 0 Å². The number of rotatable bonds is 5. The van der Waals surface area contributed by atoms with Crippen LogP contribution >= 0.6 is 23.2 Å². The first-order chi connectivity index (χ1) is 14.8. The number of hydrogen-bond donors (Lipinski definition) is 0. The highest BCUT2D eigenvalue weighted by Crippen LogP contribution is 2.34. The van der Waals surface area contributed by atoms with Crippen LogP contribution in [-0.2, 0) is 9.84 Å². The van der Waals surface area contributed by atoms with E-state index in [-0.39, 0.29) is 5.75 Å². The molecule has 1 heterocycles. The molecule has 0 atom stereocenters. The lowest BCUT2D eigenvalue weighted by Gasteiger charge is -2.14. The quantitative estimate of drug-likeness (QED) is 0.329. The van der Waals surface area contributed by atoms with E-state index in [1.165, 1.54) is 0 Å². The van der Waals surface area contributed by atoms with Crippen LogP contribution in [0.5, 0.6) is 0 Å². The molecule has 0 aliphatic rings. The molecule has 0 fully saturated rings. The third kappa shape index (κ3) is 4.13. The van der Waals surface area contributed by atoms with Gasteiger partial charge in [0.1, 0.15) is 5.82 Å². The number of halogens is 2. The Kier molecular flexibility index (Phi) is 5.93. The predicted molar refractivity (Wildman–Crippen MR) is 127 cm³/mol. The number of benzene rings is 3. The van der Waals surface area contributed by atoms with Crippen LogP contribution in [0.2, 0.25) is 10.0 Å². The standard InChI is InChI=1S/C24H20Cl2N2O2S/c1-3-31(29,30)19-7-4-6-17(15-19)18-10-11-20(16(2)14-18)24-27-12-13-28(24)23-21(25)8-5-9-22(23)26/h4-15H,3H2,1-2H3. The fraction of sp³-hybridized carbons (Fsp3) is 0.125. The van der Waals surface area contributed by atoms with E-state index in [1.807, 2.05) is 42.0 Å². The first kappa shape index (κ1) is 21.6. The molecule has 0 saturated carbocycles. The molecule has 0 aliphatic heterocycles. The van der Waals surface area contributed by atoms with Gasteiger partial charge in [0.25, 0.3) is 0 Å². The van der Waals surface area contributed by atoms with Gasteiger partial charge in [-0.15, -0.1) is 0 Å². The number of aromatic nitrogens is 2. The van der Waals surface area contributed by atoms with Crippen LogP contribution in [-0.4, -0.2) is 23.7 Å². The summed E-state index contributed by atoms with van der Waals surface area (Å²) in [4.78, 5) is 4.86. The van der Waals surface area contributed by atoms with Crippen molar-refractivity contribution >= 4 is 33.0 Å². The monoisotopic (exact) mass is 470 g/mol. The van der Waals surface area contributed by atoms with Gasteiger partial charge in [0.2, 0.25) is 0 Å². The number of aryl methyl sites for hydroxylation is 1.